The summed E-state index contributed by atoms with van der Waals surface area (Å²) in [7, 11) is 0. The van der Waals surface area contributed by atoms with Gasteiger partial charge in [-0.2, -0.15) is 0 Å². The first kappa shape index (κ1) is 12.9. The molecule has 0 aromatic heterocycles. The van der Waals surface area contributed by atoms with Crippen LogP contribution in [0.5, 0.6) is 0 Å². The minimum Gasteiger partial charge on any atom is -0.375 e. The van der Waals surface area contributed by atoms with Crippen molar-refractivity contribution in [3.63, 3.8) is 0 Å². The van der Waals surface area contributed by atoms with Gasteiger partial charge in [-0.25, -0.2) is 0 Å². The zero-order chi connectivity index (χ0) is 12.8. The molecule has 0 spiro atoms. The highest BCUT2D eigenvalue weighted by atomic mass is 16.5. The summed E-state index contributed by atoms with van der Waals surface area (Å²) < 4.78 is 5.93. The van der Waals surface area contributed by atoms with Crippen LogP contribution in [0.1, 0.15) is 52.4 Å². The topological polar surface area (TPSA) is 38.5 Å². The van der Waals surface area contributed by atoms with Crippen LogP contribution in [0.2, 0.25) is 0 Å². The number of ether oxygens (including phenoxy) is 1. The van der Waals surface area contributed by atoms with Crippen LogP contribution < -0.4 is 5.73 Å². The van der Waals surface area contributed by atoms with Gasteiger partial charge in [0, 0.05) is 24.7 Å². The molecule has 0 bridgehead atoms. The number of hydrogen-bond acceptors (Lipinski definition) is 3. The first-order valence-corrected chi connectivity index (χ1v) is 7.72. The summed E-state index contributed by atoms with van der Waals surface area (Å²) in [5, 5.41) is 0. The summed E-state index contributed by atoms with van der Waals surface area (Å²) in [6.45, 7) is 6.69. The van der Waals surface area contributed by atoms with Crippen molar-refractivity contribution in [2.45, 2.75) is 76.6 Å². The highest BCUT2D eigenvalue weighted by Gasteiger charge is 2.45. The van der Waals surface area contributed by atoms with Gasteiger partial charge < -0.3 is 10.5 Å². The van der Waals surface area contributed by atoms with E-state index < -0.39 is 0 Å². The minimum absolute atomic E-state index is 0.301. The number of nitrogens with zero attached hydrogens (tertiary/aromatic N) is 1. The van der Waals surface area contributed by atoms with Crippen LogP contribution in [0, 0.1) is 5.41 Å². The maximum atomic E-state index is 6.59. The second-order valence-electron chi connectivity index (χ2n) is 7.12. The molecular weight excluding hydrogens is 224 g/mol. The maximum absolute atomic E-state index is 6.59. The Morgan fingerprint density at radius 2 is 1.89 bits per heavy atom. The normalized spacial score (nSPS) is 44.8. The third-order valence-corrected chi connectivity index (χ3v) is 5.59. The SMILES string of the molecule is CC1(C)CCCC(N2CCOC3CCCC32)C1N. The predicted molar refractivity (Wildman–Crippen MR) is 73.5 cm³/mol. The van der Waals surface area contributed by atoms with Gasteiger partial charge >= 0.3 is 0 Å². The van der Waals surface area contributed by atoms with Gasteiger partial charge in [0.2, 0.25) is 0 Å². The van der Waals surface area contributed by atoms with Crippen LogP contribution in [0.4, 0.5) is 0 Å². The van der Waals surface area contributed by atoms with E-state index in [2.05, 4.69) is 18.7 Å². The smallest absolute Gasteiger partial charge is 0.0731 e. The molecular formula is C15H28N2O. The molecule has 0 amide bonds. The molecule has 3 nitrogen and oxygen atoms in total. The molecule has 1 saturated heterocycles. The Bertz CT molecular complexity index is 299. The average molecular weight is 252 g/mol. The Balaban J connectivity index is 1.76. The fourth-order valence-electron chi connectivity index (χ4n) is 4.37. The van der Waals surface area contributed by atoms with E-state index >= 15 is 0 Å². The first-order valence-electron chi connectivity index (χ1n) is 7.72. The van der Waals surface area contributed by atoms with E-state index in [-0.39, 0.29) is 0 Å². The summed E-state index contributed by atoms with van der Waals surface area (Å²) in [6.07, 6.45) is 8.30. The van der Waals surface area contributed by atoms with Crippen molar-refractivity contribution in [1.29, 1.82) is 0 Å². The number of nitrogens with two attached hydrogens (primary N) is 1. The lowest BCUT2D eigenvalue weighted by Crippen LogP contribution is -2.62. The van der Waals surface area contributed by atoms with Crippen molar-refractivity contribution in [3.8, 4) is 0 Å². The lowest BCUT2D eigenvalue weighted by molar-refractivity contribution is -0.0881. The molecule has 0 aromatic rings. The van der Waals surface area contributed by atoms with Crippen LogP contribution in [0.25, 0.3) is 0 Å². The molecule has 2 saturated carbocycles. The molecule has 2 N–H and O–H groups in total. The van der Waals surface area contributed by atoms with E-state index in [4.69, 9.17) is 10.5 Å². The first-order chi connectivity index (χ1) is 8.59. The van der Waals surface area contributed by atoms with E-state index in [1.54, 1.807) is 0 Å². The van der Waals surface area contributed by atoms with E-state index in [0.29, 0.717) is 29.6 Å². The fourth-order valence-corrected chi connectivity index (χ4v) is 4.37. The van der Waals surface area contributed by atoms with Crippen molar-refractivity contribution in [3.05, 3.63) is 0 Å². The molecule has 0 radical (unpaired) electrons. The Hall–Kier alpha value is -0.120. The van der Waals surface area contributed by atoms with E-state index in [0.717, 1.165) is 13.2 Å². The number of morpholine rings is 1. The zero-order valence-electron chi connectivity index (χ0n) is 11.9. The third kappa shape index (κ3) is 2.10. The average Bonchev–Trinajstić information content (AvgIpc) is 2.81. The van der Waals surface area contributed by atoms with Gasteiger partial charge in [0.05, 0.1) is 12.7 Å². The van der Waals surface area contributed by atoms with Crippen LogP contribution in [0.15, 0.2) is 0 Å². The molecule has 18 heavy (non-hydrogen) atoms. The number of hydrogen-bond donors (Lipinski definition) is 1. The van der Waals surface area contributed by atoms with Crippen LogP contribution in [-0.4, -0.2) is 42.3 Å². The standard InChI is InChI=1S/C15H28N2O/c1-15(2)8-4-6-12(14(15)16)17-9-10-18-13-7-3-5-11(13)17/h11-14H,3-10,16H2,1-2H3. The van der Waals surface area contributed by atoms with Gasteiger partial charge in [-0.3, -0.25) is 4.90 Å². The number of fused-ring (bicyclic) bond motifs is 1. The van der Waals surface area contributed by atoms with Crippen molar-refractivity contribution in [2.75, 3.05) is 13.2 Å². The zero-order valence-corrected chi connectivity index (χ0v) is 11.9. The molecule has 4 atom stereocenters. The molecule has 1 aliphatic heterocycles. The Morgan fingerprint density at radius 3 is 2.72 bits per heavy atom. The van der Waals surface area contributed by atoms with Crippen molar-refractivity contribution >= 4 is 0 Å². The van der Waals surface area contributed by atoms with Gasteiger partial charge in [-0.1, -0.05) is 20.3 Å². The monoisotopic (exact) mass is 252 g/mol. The summed E-state index contributed by atoms with van der Waals surface area (Å²) in [5.41, 5.74) is 6.89. The van der Waals surface area contributed by atoms with Crippen LogP contribution in [0.3, 0.4) is 0 Å². The molecule has 1 heterocycles. The lowest BCUT2D eigenvalue weighted by Gasteiger charge is -2.50. The highest BCUT2D eigenvalue weighted by molar-refractivity contribution is 5.01. The van der Waals surface area contributed by atoms with E-state index in [1.807, 2.05) is 0 Å². The van der Waals surface area contributed by atoms with Gasteiger partial charge in [-0.15, -0.1) is 0 Å². The molecule has 3 fully saturated rings. The lowest BCUT2D eigenvalue weighted by atomic mass is 9.70. The molecule has 2 aliphatic carbocycles. The summed E-state index contributed by atoms with van der Waals surface area (Å²) in [6, 6.07) is 1.57. The molecule has 3 heteroatoms. The third-order valence-electron chi connectivity index (χ3n) is 5.59. The molecule has 4 unspecified atom stereocenters. The fraction of sp³-hybridized carbons (Fsp3) is 1.00. The largest absolute Gasteiger partial charge is 0.375 e. The van der Waals surface area contributed by atoms with E-state index in [1.165, 1.54) is 38.5 Å². The molecule has 104 valence electrons. The van der Waals surface area contributed by atoms with Gasteiger partial charge in [0.15, 0.2) is 0 Å². The second kappa shape index (κ2) is 4.77. The maximum Gasteiger partial charge on any atom is 0.0731 e. The minimum atomic E-state index is 0.301. The van der Waals surface area contributed by atoms with E-state index in [9.17, 15) is 0 Å². The van der Waals surface area contributed by atoms with Crippen molar-refractivity contribution in [1.82, 2.24) is 4.90 Å². The predicted octanol–water partition coefficient (Wildman–Crippen LogP) is 2.15. The highest BCUT2D eigenvalue weighted by Crippen LogP contribution is 2.40. The second-order valence-corrected chi connectivity index (χ2v) is 7.12. The summed E-state index contributed by atoms with van der Waals surface area (Å²) in [4.78, 5) is 2.72. The summed E-state index contributed by atoms with van der Waals surface area (Å²) >= 11 is 0. The van der Waals surface area contributed by atoms with Gasteiger partial charge in [-0.05, 0) is 37.5 Å². The molecule has 3 aliphatic rings. The molecule has 3 rings (SSSR count). The molecule has 0 aromatic carbocycles. The Morgan fingerprint density at radius 1 is 1.11 bits per heavy atom. The number of rotatable bonds is 1. The van der Waals surface area contributed by atoms with Crippen LogP contribution in [-0.2, 0) is 4.74 Å². The summed E-state index contributed by atoms with van der Waals surface area (Å²) in [5.74, 6) is 0. The van der Waals surface area contributed by atoms with Gasteiger partial charge in [0.25, 0.3) is 0 Å². The quantitative estimate of drug-likeness (QED) is 0.777. The Labute approximate surface area is 111 Å². The van der Waals surface area contributed by atoms with Gasteiger partial charge in [0.1, 0.15) is 0 Å². The van der Waals surface area contributed by atoms with Crippen molar-refractivity contribution in [2.24, 2.45) is 11.1 Å². The Kier molecular flexibility index (Phi) is 3.41. The van der Waals surface area contributed by atoms with Crippen molar-refractivity contribution < 1.29 is 4.74 Å². The van der Waals surface area contributed by atoms with Crippen LogP contribution >= 0.6 is 0 Å².